The molecule has 6 heteroatoms. The first-order valence-corrected chi connectivity index (χ1v) is 8.47. The average Bonchev–Trinajstić information content (AvgIpc) is 2.66. The predicted octanol–water partition coefficient (Wildman–Crippen LogP) is 3.57. The number of benzene rings is 1. The molecule has 0 aliphatic carbocycles. The lowest BCUT2D eigenvalue weighted by Crippen LogP contribution is -2.28. The summed E-state index contributed by atoms with van der Waals surface area (Å²) in [4.78, 5) is 29.3. The molecule has 26 heavy (non-hydrogen) atoms. The maximum Gasteiger partial charge on any atom is 0.342 e. The van der Waals surface area contributed by atoms with Gasteiger partial charge in [-0.05, 0) is 36.2 Å². The molecule has 0 aliphatic heterocycles. The SMILES string of the molecule is CCCCn1c(=O)c(C(=O)O)c(-c2cccc(OC)c2)c2cccnc21. The number of aryl methyl sites for hydroxylation is 1. The lowest BCUT2D eigenvalue weighted by Gasteiger charge is -2.16. The molecular formula is C20H20N2O4. The Morgan fingerprint density at radius 2 is 2.08 bits per heavy atom. The summed E-state index contributed by atoms with van der Waals surface area (Å²) in [6.07, 6.45) is 3.27. The van der Waals surface area contributed by atoms with Crippen LogP contribution in [0.15, 0.2) is 47.4 Å². The number of rotatable bonds is 6. The van der Waals surface area contributed by atoms with Crippen molar-refractivity contribution in [3.05, 3.63) is 58.5 Å². The van der Waals surface area contributed by atoms with Crippen LogP contribution in [0, 0.1) is 0 Å². The number of carboxylic acids is 1. The van der Waals surface area contributed by atoms with Gasteiger partial charge in [-0.2, -0.15) is 0 Å². The summed E-state index contributed by atoms with van der Waals surface area (Å²) in [7, 11) is 1.54. The van der Waals surface area contributed by atoms with Crippen LogP contribution in [0.4, 0.5) is 0 Å². The molecular weight excluding hydrogens is 332 g/mol. The third-order valence-corrected chi connectivity index (χ3v) is 4.33. The molecule has 6 nitrogen and oxygen atoms in total. The lowest BCUT2D eigenvalue weighted by molar-refractivity contribution is 0.0695. The van der Waals surface area contributed by atoms with Crippen molar-refractivity contribution in [2.75, 3.05) is 7.11 Å². The Kier molecular flexibility index (Phi) is 5.02. The van der Waals surface area contributed by atoms with Crippen molar-refractivity contribution in [1.29, 1.82) is 0 Å². The van der Waals surface area contributed by atoms with Gasteiger partial charge in [0.05, 0.1) is 7.11 Å². The van der Waals surface area contributed by atoms with E-state index >= 15 is 0 Å². The summed E-state index contributed by atoms with van der Waals surface area (Å²) in [5.74, 6) is -0.658. The highest BCUT2D eigenvalue weighted by Crippen LogP contribution is 2.32. The molecule has 1 aromatic carbocycles. The van der Waals surface area contributed by atoms with Gasteiger partial charge in [-0.1, -0.05) is 25.5 Å². The van der Waals surface area contributed by atoms with Crippen molar-refractivity contribution in [2.24, 2.45) is 0 Å². The van der Waals surface area contributed by atoms with E-state index in [1.807, 2.05) is 6.92 Å². The van der Waals surface area contributed by atoms with E-state index in [1.54, 1.807) is 49.7 Å². The van der Waals surface area contributed by atoms with Crippen LogP contribution >= 0.6 is 0 Å². The van der Waals surface area contributed by atoms with Crippen molar-refractivity contribution in [1.82, 2.24) is 9.55 Å². The Labute approximate surface area is 150 Å². The third kappa shape index (κ3) is 3.06. The minimum Gasteiger partial charge on any atom is -0.497 e. The van der Waals surface area contributed by atoms with Gasteiger partial charge in [0.15, 0.2) is 0 Å². The summed E-state index contributed by atoms with van der Waals surface area (Å²) in [5, 5.41) is 10.4. The summed E-state index contributed by atoms with van der Waals surface area (Å²) in [5.41, 5.74) is 0.704. The summed E-state index contributed by atoms with van der Waals surface area (Å²) < 4.78 is 6.71. The quantitative estimate of drug-likeness (QED) is 0.733. The largest absolute Gasteiger partial charge is 0.497 e. The van der Waals surface area contributed by atoms with Crippen LogP contribution in [-0.2, 0) is 6.54 Å². The standard InChI is InChI=1S/C20H20N2O4/c1-3-4-11-22-18-15(9-6-10-21-18)16(17(19(22)23)20(24)25)13-7-5-8-14(12-13)26-2/h5-10,12H,3-4,11H2,1-2H3,(H,24,25). The number of hydrogen-bond donors (Lipinski definition) is 1. The number of aromatic nitrogens is 2. The molecule has 0 spiro atoms. The maximum atomic E-state index is 13.0. The van der Waals surface area contributed by atoms with E-state index in [2.05, 4.69) is 4.98 Å². The van der Waals surface area contributed by atoms with Crippen LogP contribution < -0.4 is 10.3 Å². The van der Waals surface area contributed by atoms with Crippen molar-refractivity contribution in [3.8, 4) is 16.9 Å². The monoisotopic (exact) mass is 352 g/mol. The van der Waals surface area contributed by atoms with E-state index in [4.69, 9.17) is 4.74 Å². The second kappa shape index (κ2) is 7.39. The van der Waals surface area contributed by atoms with Gasteiger partial charge in [-0.15, -0.1) is 0 Å². The molecule has 0 radical (unpaired) electrons. The second-order valence-corrected chi connectivity index (χ2v) is 5.97. The van der Waals surface area contributed by atoms with Gasteiger partial charge in [-0.3, -0.25) is 9.36 Å². The maximum absolute atomic E-state index is 13.0. The van der Waals surface area contributed by atoms with Gasteiger partial charge >= 0.3 is 5.97 Å². The lowest BCUT2D eigenvalue weighted by atomic mass is 9.97. The van der Waals surface area contributed by atoms with Crippen molar-refractivity contribution in [3.63, 3.8) is 0 Å². The van der Waals surface area contributed by atoms with Gasteiger partial charge in [0.25, 0.3) is 5.56 Å². The number of ether oxygens (including phenoxy) is 1. The summed E-state index contributed by atoms with van der Waals surface area (Å²) >= 11 is 0. The first-order chi connectivity index (χ1) is 12.6. The number of fused-ring (bicyclic) bond motifs is 1. The van der Waals surface area contributed by atoms with Gasteiger partial charge in [0.2, 0.25) is 0 Å². The number of methoxy groups -OCH3 is 1. The number of pyridine rings is 2. The van der Waals surface area contributed by atoms with E-state index < -0.39 is 11.5 Å². The van der Waals surface area contributed by atoms with Gasteiger partial charge in [0, 0.05) is 23.7 Å². The molecule has 0 saturated heterocycles. The molecule has 134 valence electrons. The van der Waals surface area contributed by atoms with E-state index in [0.29, 0.717) is 34.5 Å². The minimum atomic E-state index is -1.25. The Morgan fingerprint density at radius 1 is 1.27 bits per heavy atom. The van der Waals surface area contributed by atoms with E-state index in [1.165, 1.54) is 4.57 Å². The van der Waals surface area contributed by atoms with Crippen molar-refractivity contribution >= 4 is 17.0 Å². The number of unbranched alkanes of at least 4 members (excludes halogenated alkanes) is 1. The number of carbonyl (C=O) groups is 1. The Morgan fingerprint density at radius 3 is 2.77 bits per heavy atom. The zero-order chi connectivity index (χ0) is 18.7. The second-order valence-electron chi connectivity index (χ2n) is 5.97. The van der Waals surface area contributed by atoms with Gasteiger partial charge in [0.1, 0.15) is 17.0 Å². The predicted molar refractivity (Wildman–Crippen MR) is 99.9 cm³/mol. The molecule has 0 bridgehead atoms. The Balaban J connectivity index is 2.43. The molecule has 0 saturated carbocycles. The Hall–Kier alpha value is -3.15. The highest BCUT2D eigenvalue weighted by molar-refractivity contribution is 6.05. The third-order valence-electron chi connectivity index (χ3n) is 4.33. The summed E-state index contributed by atoms with van der Waals surface area (Å²) in [6.45, 7) is 2.45. The van der Waals surface area contributed by atoms with E-state index in [-0.39, 0.29) is 5.56 Å². The number of carboxylic acid groups (broad SMARTS) is 1. The molecule has 2 heterocycles. The molecule has 3 aromatic rings. The highest BCUT2D eigenvalue weighted by Gasteiger charge is 2.23. The van der Waals surface area contributed by atoms with Crippen LogP contribution in [0.1, 0.15) is 30.1 Å². The molecule has 1 N–H and O–H groups in total. The summed E-state index contributed by atoms with van der Waals surface area (Å²) in [6, 6.07) is 10.6. The van der Waals surface area contributed by atoms with Crippen molar-refractivity contribution in [2.45, 2.75) is 26.3 Å². The van der Waals surface area contributed by atoms with Crippen molar-refractivity contribution < 1.29 is 14.6 Å². The first-order valence-electron chi connectivity index (χ1n) is 8.47. The molecule has 0 atom stereocenters. The number of aromatic carboxylic acids is 1. The minimum absolute atomic E-state index is 0.241. The molecule has 2 aromatic heterocycles. The van der Waals surface area contributed by atoms with Crippen LogP contribution in [0.3, 0.4) is 0 Å². The average molecular weight is 352 g/mol. The van der Waals surface area contributed by atoms with Crippen LogP contribution in [-0.4, -0.2) is 27.7 Å². The fraction of sp³-hybridized carbons (Fsp3) is 0.250. The zero-order valence-corrected chi connectivity index (χ0v) is 14.7. The van der Waals surface area contributed by atoms with Crippen LogP contribution in [0.25, 0.3) is 22.2 Å². The van der Waals surface area contributed by atoms with E-state index in [9.17, 15) is 14.7 Å². The Bertz CT molecular complexity index is 1020. The molecule has 0 amide bonds. The van der Waals surface area contributed by atoms with Gasteiger partial charge in [-0.25, -0.2) is 9.78 Å². The number of nitrogens with zero attached hydrogens (tertiary/aromatic N) is 2. The molecule has 0 aliphatic rings. The highest BCUT2D eigenvalue weighted by atomic mass is 16.5. The molecule has 3 rings (SSSR count). The van der Waals surface area contributed by atoms with Crippen LogP contribution in [0.2, 0.25) is 0 Å². The zero-order valence-electron chi connectivity index (χ0n) is 14.7. The smallest absolute Gasteiger partial charge is 0.342 e. The van der Waals surface area contributed by atoms with Gasteiger partial charge < -0.3 is 9.84 Å². The van der Waals surface area contributed by atoms with E-state index in [0.717, 1.165) is 12.8 Å². The molecule has 0 fully saturated rings. The fourth-order valence-electron chi connectivity index (χ4n) is 3.08. The van der Waals surface area contributed by atoms with Crippen LogP contribution in [0.5, 0.6) is 5.75 Å². The topological polar surface area (TPSA) is 81.4 Å². The fourth-order valence-corrected chi connectivity index (χ4v) is 3.08. The number of hydrogen-bond acceptors (Lipinski definition) is 4. The molecule has 0 unspecified atom stereocenters. The normalized spacial score (nSPS) is 10.8. The first kappa shape index (κ1) is 17.7.